The van der Waals surface area contributed by atoms with Gasteiger partial charge in [-0.1, -0.05) is 18.2 Å². The van der Waals surface area contributed by atoms with Crippen molar-refractivity contribution in [3.63, 3.8) is 0 Å². The van der Waals surface area contributed by atoms with Gasteiger partial charge in [-0.25, -0.2) is 18.7 Å². The predicted octanol–water partition coefficient (Wildman–Crippen LogP) is 3.36. The molecule has 0 fully saturated rings. The number of carbonyl (C=O) groups is 2. The van der Waals surface area contributed by atoms with Gasteiger partial charge >= 0.3 is 0 Å². The molecule has 0 aliphatic heterocycles. The van der Waals surface area contributed by atoms with Crippen LogP contribution in [-0.4, -0.2) is 27.8 Å². The first kappa shape index (κ1) is 23.8. The number of hydrogen-bond acceptors (Lipinski definition) is 6. The summed E-state index contributed by atoms with van der Waals surface area (Å²) in [7, 11) is 0. The molecule has 4 aromatic rings. The minimum Gasteiger partial charge on any atom is -0.445 e. The zero-order chi connectivity index (χ0) is 25.1. The number of hydrogen-bond donors (Lipinski definition) is 3. The van der Waals surface area contributed by atoms with Crippen molar-refractivity contribution in [1.29, 1.82) is 0 Å². The molecule has 2 aromatic heterocycles. The number of fused-ring (bicyclic) bond motifs is 1. The van der Waals surface area contributed by atoms with Gasteiger partial charge in [0, 0.05) is 31.5 Å². The molecule has 180 valence electrons. The van der Waals surface area contributed by atoms with Gasteiger partial charge in [0.1, 0.15) is 17.6 Å². The van der Waals surface area contributed by atoms with Crippen molar-refractivity contribution in [3.8, 4) is 0 Å². The van der Waals surface area contributed by atoms with Gasteiger partial charge < -0.3 is 20.8 Å². The number of amides is 2. The number of pyridine rings is 1. The van der Waals surface area contributed by atoms with Crippen LogP contribution in [0.1, 0.15) is 33.3 Å². The zero-order valence-electron chi connectivity index (χ0n) is 19.1. The van der Waals surface area contributed by atoms with E-state index in [-0.39, 0.29) is 18.7 Å². The first-order valence-electron chi connectivity index (χ1n) is 10.8. The number of oxazole rings is 1. The van der Waals surface area contributed by atoms with Crippen molar-refractivity contribution >= 4 is 28.4 Å². The molecule has 0 bridgehead atoms. The number of rotatable bonds is 7. The first-order chi connectivity index (χ1) is 16.7. The number of halogens is 2. The second-order valence-electron chi connectivity index (χ2n) is 8.09. The van der Waals surface area contributed by atoms with Crippen LogP contribution in [0.15, 0.2) is 53.1 Å². The van der Waals surface area contributed by atoms with Crippen LogP contribution in [0.3, 0.4) is 0 Å². The smallest absolute Gasteiger partial charge is 0.274 e. The zero-order valence-corrected chi connectivity index (χ0v) is 19.1. The highest BCUT2D eigenvalue weighted by Gasteiger charge is 2.25. The van der Waals surface area contributed by atoms with E-state index >= 15 is 0 Å². The highest BCUT2D eigenvalue weighted by atomic mass is 19.2. The Hall–Kier alpha value is -4.34. The SMILES string of the molecule is Cc1nc(C(=O)N[C@@H](Cc2ccc(F)c(F)c2)C(=O)NCc2ccc3c(N)nccc3c2)c(C)o1. The third-order valence-corrected chi connectivity index (χ3v) is 5.49. The number of carbonyl (C=O) groups excluding carboxylic acids is 2. The van der Waals surface area contributed by atoms with E-state index in [1.807, 2.05) is 24.3 Å². The molecule has 4 N–H and O–H groups in total. The van der Waals surface area contributed by atoms with Crippen LogP contribution in [0.5, 0.6) is 0 Å². The maximum Gasteiger partial charge on any atom is 0.274 e. The van der Waals surface area contributed by atoms with E-state index in [1.165, 1.54) is 6.07 Å². The molecule has 0 saturated carbocycles. The standard InChI is InChI=1S/C25H23F2N5O3/c1-13-22(31-14(2)35-13)25(34)32-21(11-15-4-6-19(26)20(27)10-15)24(33)30-12-16-3-5-18-17(9-16)7-8-29-23(18)28/h3-10,21H,11-12H2,1-2H3,(H2,28,29)(H,30,33)(H,32,34)/t21-/m0/s1. The molecule has 0 unspecified atom stereocenters. The molecule has 4 rings (SSSR count). The van der Waals surface area contributed by atoms with E-state index in [1.54, 1.807) is 20.0 Å². The average molecular weight is 479 g/mol. The number of nitrogens with zero attached hydrogens (tertiary/aromatic N) is 2. The second kappa shape index (κ2) is 9.88. The van der Waals surface area contributed by atoms with E-state index in [2.05, 4.69) is 20.6 Å². The van der Waals surface area contributed by atoms with E-state index in [4.69, 9.17) is 10.2 Å². The lowest BCUT2D eigenvalue weighted by Gasteiger charge is -2.19. The van der Waals surface area contributed by atoms with Gasteiger partial charge in [-0.3, -0.25) is 9.59 Å². The largest absolute Gasteiger partial charge is 0.445 e. The molecule has 0 aliphatic rings. The van der Waals surface area contributed by atoms with Crippen LogP contribution < -0.4 is 16.4 Å². The van der Waals surface area contributed by atoms with Crippen molar-refractivity contribution in [3.05, 3.63) is 88.8 Å². The number of nitrogen functional groups attached to an aromatic ring is 1. The Labute approximate surface area is 199 Å². The number of nitrogens with two attached hydrogens (primary N) is 1. The van der Waals surface area contributed by atoms with Gasteiger partial charge in [0.2, 0.25) is 5.91 Å². The Morgan fingerprint density at radius 3 is 2.54 bits per heavy atom. The van der Waals surface area contributed by atoms with Crippen molar-refractivity contribution in [2.75, 3.05) is 5.73 Å². The number of aromatic nitrogens is 2. The molecule has 0 spiro atoms. The Bertz CT molecular complexity index is 1420. The van der Waals surface area contributed by atoms with Crippen LogP contribution in [-0.2, 0) is 17.8 Å². The topological polar surface area (TPSA) is 123 Å². The van der Waals surface area contributed by atoms with Gasteiger partial charge in [0.25, 0.3) is 5.91 Å². The summed E-state index contributed by atoms with van der Waals surface area (Å²) >= 11 is 0. The van der Waals surface area contributed by atoms with Gasteiger partial charge in [0.05, 0.1) is 0 Å². The summed E-state index contributed by atoms with van der Waals surface area (Å²) in [4.78, 5) is 34.0. The lowest BCUT2D eigenvalue weighted by molar-refractivity contribution is -0.123. The van der Waals surface area contributed by atoms with Crippen molar-refractivity contribution in [2.45, 2.75) is 32.9 Å². The minimum absolute atomic E-state index is 0.0475. The number of aryl methyl sites for hydroxylation is 2. The number of anilines is 1. The molecular weight excluding hydrogens is 456 g/mol. The molecular formula is C25H23F2N5O3. The highest BCUT2D eigenvalue weighted by Crippen LogP contribution is 2.20. The summed E-state index contributed by atoms with van der Waals surface area (Å²) in [6.45, 7) is 3.35. The van der Waals surface area contributed by atoms with Crippen molar-refractivity contribution in [1.82, 2.24) is 20.6 Å². The molecule has 35 heavy (non-hydrogen) atoms. The van der Waals surface area contributed by atoms with E-state index in [9.17, 15) is 18.4 Å². The lowest BCUT2D eigenvalue weighted by Crippen LogP contribution is -2.48. The Morgan fingerprint density at radius 2 is 1.83 bits per heavy atom. The molecule has 0 radical (unpaired) electrons. The lowest BCUT2D eigenvalue weighted by atomic mass is 10.0. The van der Waals surface area contributed by atoms with Crippen LogP contribution in [0.2, 0.25) is 0 Å². The van der Waals surface area contributed by atoms with Crippen molar-refractivity contribution < 1.29 is 22.8 Å². The number of benzene rings is 2. The molecule has 2 heterocycles. The fraction of sp³-hybridized carbons (Fsp3) is 0.200. The van der Waals surface area contributed by atoms with Crippen LogP contribution in [0.25, 0.3) is 10.8 Å². The third-order valence-electron chi connectivity index (χ3n) is 5.49. The quantitative estimate of drug-likeness (QED) is 0.374. The van der Waals surface area contributed by atoms with Gasteiger partial charge in [-0.15, -0.1) is 0 Å². The normalized spacial score (nSPS) is 11.9. The Balaban J connectivity index is 1.53. The molecule has 10 heteroatoms. The van der Waals surface area contributed by atoms with E-state index < -0.39 is 29.5 Å². The maximum absolute atomic E-state index is 13.7. The average Bonchev–Trinajstić information content (AvgIpc) is 3.17. The van der Waals surface area contributed by atoms with Crippen LogP contribution in [0.4, 0.5) is 14.6 Å². The fourth-order valence-electron chi connectivity index (χ4n) is 3.75. The van der Waals surface area contributed by atoms with E-state index in [0.29, 0.717) is 23.0 Å². The molecule has 0 saturated heterocycles. The summed E-state index contributed by atoms with van der Waals surface area (Å²) in [6.07, 6.45) is 1.53. The van der Waals surface area contributed by atoms with Crippen LogP contribution in [0, 0.1) is 25.5 Å². The van der Waals surface area contributed by atoms with Gasteiger partial charge in [0.15, 0.2) is 23.2 Å². The highest BCUT2D eigenvalue weighted by molar-refractivity contribution is 5.97. The molecule has 1 atom stereocenters. The van der Waals surface area contributed by atoms with E-state index in [0.717, 1.165) is 28.5 Å². The monoisotopic (exact) mass is 479 g/mol. The molecule has 2 aromatic carbocycles. The molecule has 0 aliphatic carbocycles. The predicted molar refractivity (Wildman–Crippen MR) is 125 cm³/mol. The Kier molecular flexibility index (Phi) is 6.72. The fourth-order valence-corrected chi connectivity index (χ4v) is 3.75. The van der Waals surface area contributed by atoms with Crippen molar-refractivity contribution in [2.24, 2.45) is 0 Å². The third kappa shape index (κ3) is 5.43. The van der Waals surface area contributed by atoms with Gasteiger partial charge in [-0.2, -0.15) is 0 Å². The van der Waals surface area contributed by atoms with Crippen LogP contribution >= 0.6 is 0 Å². The summed E-state index contributed by atoms with van der Waals surface area (Å²) in [6, 6.07) is 9.56. The summed E-state index contributed by atoms with van der Waals surface area (Å²) in [5.41, 5.74) is 7.07. The minimum atomic E-state index is -1.08. The molecule has 2 amide bonds. The summed E-state index contributed by atoms with van der Waals surface area (Å²) < 4.78 is 32.4. The maximum atomic E-state index is 13.7. The molecule has 8 nitrogen and oxygen atoms in total. The second-order valence-corrected chi connectivity index (χ2v) is 8.09. The summed E-state index contributed by atoms with van der Waals surface area (Å²) in [5.74, 6) is -2.14. The summed E-state index contributed by atoms with van der Waals surface area (Å²) in [5, 5.41) is 7.08. The number of nitrogens with one attached hydrogen (secondary N) is 2. The first-order valence-corrected chi connectivity index (χ1v) is 10.8. The van der Waals surface area contributed by atoms with Gasteiger partial charge in [-0.05, 0) is 47.7 Å². The Morgan fingerprint density at radius 1 is 1.06 bits per heavy atom.